The Morgan fingerprint density at radius 3 is 2.72 bits per heavy atom. The first kappa shape index (κ1) is 17.9. The van der Waals surface area contributed by atoms with E-state index in [0.717, 1.165) is 22.5 Å². The molecule has 1 N–H and O–H groups in total. The molecule has 0 amide bonds. The number of hydrogen-bond acceptors (Lipinski definition) is 4. The van der Waals surface area contributed by atoms with Crippen LogP contribution >= 0.6 is 34.8 Å². The van der Waals surface area contributed by atoms with E-state index in [-0.39, 0.29) is 5.38 Å². The normalized spacial score (nSPS) is 15.2. The molecule has 1 aliphatic rings. The van der Waals surface area contributed by atoms with Crippen molar-refractivity contribution in [1.29, 1.82) is 0 Å². The zero-order valence-corrected chi connectivity index (χ0v) is 15.6. The molecule has 0 spiro atoms. The highest BCUT2D eigenvalue weighted by atomic mass is 35.5. The molecule has 0 aromatic heterocycles. The molecule has 0 aliphatic carbocycles. The summed E-state index contributed by atoms with van der Waals surface area (Å²) >= 11 is 18.4. The number of hydrazone groups is 1. The number of benzene rings is 2. The van der Waals surface area contributed by atoms with Gasteiger partial charge in [0.05, 0.1) is 23.3 Å². The number of halogens is 3. The molecule has 0 radical (unpaired) electrons. The van der Waals surface area contributed by atoms with E-state index in [1.807, 2.05) is 43.3 Å². The number of aliphatic imine (C=N–C) groups is 2. The van der Waals surface area contributed by atoms with E-state index in [1.165, 1.54) is 0 Å². The van der Waals surface area contributed by atoms with Crippen molar-refractivity contribution in [2.45, 2.75) is 12.3 Å². The molecule has 0 fully saturated rings. The van der Waals surface area contributed by atoms with Gasteiger partial charge in [0.25, 0.3) is 0 Å². The third kappa shape index (κ3) is 4.40. The van der Waals surface area contributed by atoms with Crippen LogP contribution in [0, 0.1) is 0 Å². The van der Waals surface area contributed by atoms with Gasteiger partial charge in [-0.05, 0) is 31.2 Å². The van der Waals surface area contributed by atoms with E-state index in [4.69, 9.17) is 34.8 Å². The molecular weight excluding hydrogens is 379 g/mol. The minimum atomic E-state index is -0.174. The smallest absolute Gasteiger partial charge is 0.144 e. The Balaban J connectivity index is 2.05. The lowest BCUT2D eigenvalue weighted by molar-refractivity contribution is 0.990. The number of nitrogens with zero attached hydrogens (tertiary/aromatic N) is 3. The minimum Gasteiger partial charge on any atom is -0.276 e. The van der Waals surface area contributed by atoms with Crippen LogP contribution in [0.5, 0.6) is 0 Å². The number of nitrogens with one attached hydrogen (secondary N) is 1. The topological polar surface area (TPSA) is 49.1 Å². The van der Waals surface area contributed by atoms with Gasteiger partial charge in [-0.3, -0.25) is 10.4 Å². The number of fused-ring (bicyclic) bond motifs is 1. The summed E-state index contributed by atoms with van der Waals surface area (Å²) in [5.74, 6) is 0.610. The Kier molecular flexibility index (Phi) is 5.74. The van der Waals surface area contributed by atoms with Gasteiger partial charge in [0.15, 0.2) is 0 Å². The average Bonchev–Trinajstić information content (AvgIpc) is 2.74. The van der Waals surface area contributed by atoms with Crippen LogP contribution in [0.25, 0.3) is 0 Å². The van der Waals surface area contributed by atoms with Crippen molar-refractivity contribution in [3.8, 4) is 0 Å². The van der Waals surface area contributed by atoms with Crippen molar-refractivity contribution in [2.24, 2.45) is 15.1 Å². The SMILES string of the molecule is CC(Cl)C=NNC1=Nc2ccc(Cl)cc2C(c2ccccc2Cl)=NC1. The predicted molar refractivity (Wildman–Crippen MR) is 107 cm³/mol. The van der Waals surface area contributed by atoms with Crippen molar-refractivity contribution in [3.63, 3.8) is 0 Å². The summed E-state index contributed by atoms with van der Waals surface area (Å²) in [4.78, 5) is 9.30. The Labute approximate surface area is 161 Å². The van der Waals surface area contributed by atoms with Gasteiger partial charge in [0, 0.05) is 27.4 Å². The lowest BCUT2D eigenvalue weighted by Gasteiger charge is -2.10. The van der Waals surface area contributed by atoms with Crippen LogP contribution in [0.4, 0.5) is 5.69 Å². The largest absolute Gasteiger partial charge is 0.276 e. The molecule has 3 rings (SSSR count). The van der Waals surface area contributed by atoms with Gasteiger partial charge in [-0.25, -0.2) is 4.99 Å². The van der Waals surface area contributed by atoms with Crippen LogP contribution < -0.4 is 5.43 Å². The molecule has 25 heavy (non-hydrogen) atoms. The third-order valence-electron chi connectivity index (χ3n) is 3.46. The molecular formula is C18H15Cl3N4. The second-order valence-corrected chi connectivity index (χ2v) is 6.96. The van der Waals surface area contributed by atoms with E-state index in [2.05, 4.69) is 20.5 Å². The summed E-state index contributed by atoms with van der Waals surface area (Å²) in [5, 5.41) is 5.14. The molecule has 1 heterocycles. The Bertz CT molecular complexity index is 872. The maximum Gasteiger partial charge on any atom is 0.144 e. The van der Waals surface area contributed by atoms with Gasteiger partial charge < -0.3 is 0 Å². The molecule has 0 bridgehead atoms. The van der Waals surface area contributed by atoms with E-state index >= 15 is 0 Å². The maximum atomic E-state index is 6.37. The molecule has 1 unspecified atom stereocenters. The monoisotopic (exact) mass is 392 g/mol. The van der Waals surface area contributed by atoms with Crippen LogP contribution in [0.3, 0.4) is 0 Å². The second kappa shape index (κ2) is 8.00. The van der Waals surface area contributed by atoms with Crippen molar-refractivity contribution < 1.29 is 0 Å². The molecule has 0 saturated carbocycles. The first-order valence-electron chi connectivity index (χ1n) is 7.64. The molecule has 2 aromatic carbocycles. The lowest BCUT2D eigenvalue weighted by Crippen LogP contribution is -2.21. The average molecular weight is 394 g/mol. The molecule has 1 aliphatic heterocycles. The van der Waals surface area contributed by atoms with Crippen LogP contribution in [-0.4, -0.2) is 29.7 Å². The summed E-state index contributed by atoms with van der Waals surface area (Å²) in [5.41, 5.74) is 6.05. The highest BCUT2D eigenvalue weighted by Gasteiger charge is 2.18. The zero-order valence-electron chi connectivity index (χ0n) is 13.4. The Morgan fingerprint density at radius 2 is 1.96 bits per heavy atom. The van der Waals surface area contributed by atoms with Gasteiger partial charge in [-0.2, -0.15) is 5.10 Å². The van der Waals surface area contributed by atoms with Crippen LogP contribution in [0.2, 0.25) is 10.0 Å². The van der Waals surface area contributed by atoms with Crippen molar-refractivity contribution in [2.75, 3.05) is 6.54 Å². The summed E-state index contributed by atoms with van der Waals surface area (Å²) in [6.45, 7) is 2.16. The van der Waals surface area contributed by atoms with Crippen molar-refractivity contribution >= 4 is 58.3 Å². The molecule has 128 valence electrons. The van der Waals surface area contributed by atoms with Crippen LogP contribution in [0.1, 0.15) is 18.1 Å². The fraction of sp³-hybridized carbons (Fsp3) is 0.167. The summed E-state index contributed by atoms with van der Waals surface area (Å²) in [7, 11) is 0. The summed E-state index contributed by atoms with van der Waals surface area (Å²) in [6.07, 6.45) is 1.59. The predicted octanol–water partition coefficient (Wildman–Crippen LogP) is 5.08. The minimum absolute atomic E-state index is 0.174. The fourth-order valence-electron chi connectivity index (χ4n) is 2.37. The first-order valence-corrected chi connectivity index (χ1v) is 8.84. The number of hydrogen-bond donors (Lipinski definition) is 1. The lowest BCUT2D eigenvalue weighted by atomic mass is 10.0. The van der Waals surface area contributed by atoms with Crippen LogP contribution in [-0.2, 0) is 0 Å². The first-order chi connectivity index (χ1) is 12.0. The Morgan fingerprint density at radius 1 is 1.16 bits per heavy atom. The number of amidine groups is 1. The van der Waals surface area contributed by atoms with Gasteiger partial charge in [0.1, 0.15) is 5.84 Å². The van der Waals surface area contributed by atoms with Gasteiger partial charge in [-0.1, -0.05) is 41.4 Å². The number of alkyl halides is 1. The standard InChI is InChI=1S/C18H15Cl3N4/c1-11(19)9-23-25-17-10-22-18(13-4-2-3-5-15(13)21)14-8-12(20)6-7-16(14)24-17/h2-9,11H,10H2,1H3,(H,24,25). The van der Waals surface area contributed by atoms with E-state index in [1.54, 1.807) is 12.3 Å². The van der Waals surface area contributed by atoms with Gasteiger partial charge >= 0.3 is 0 Å². The fourth-order valence-corrected chi connectivity index (χ4v) is 2.83. The number of rotatable bonds is 3. The molecule has 1 atom stereocenters. The Hall–Kier alpha value is -1.88. The quantitative estimate of drug-likeness (QED) is 0.441. The highest BCUT2D eigenvalue weighted by Crippen LogP contribution is 2.30. The van der Waals surface area contributed by atoms with Gasteiger partial charge in [0.2, 0.25) is 0 Å². The van der Waals surface area contributed by atoms with E-state index < -0.39 is 0 Å². The molecule has 0 saturated heterocycles. The summed E-state index contributed by atoms with van der Waals surface area (Å²) in [6, 6.07) is 13.1. The third-order valence-corrected chi connectivity index (χ3v) is 4.14. The molecule has 2 aromatic rings. The maximum absolute atomic E-state index is 6.37. The van der Waals surface area contributed by atoms with Crippen molar-refractivity contribution in [3.05, 3.63) is 63.6 Å². The van der Waals surface area contributed by atoms with E-state index in [9.17, 15) is 0 Å². The van der Waals surface area contributed by atoms with Crippen LogP contribution in [0.15, 0.2) is 57.6 Å². The van der Waals surface area contributed by atoms with Gasteiger partial charge in [-0.15, -0.1) is 11.6 Å². The second-order valence-electron chi connectivity index (χ2n) is 5.43. The highest BCUT2D eigenvalue weighted by molar-refractivity contribution is 6.36. The molecule has 7 heteroatoms. The zero-order chi connectivity index (χ0) is 17.8. The molecule has 4 nitrogen and oxygen atoms in total. The van der Waals surface area contributed by atoms with Crippen molar-refractivity contribution in [1.82, 2.24) is 5.43 Å². The summed E-state index contributed by atoms with van der Waals surface area (Å²) < 4.78 is 0. The van der Waals surface area contributed by atoms with E-state index in [0.29, 0.717) is 22.4 Å².